The maximum atomic E-state index is 13.6. The molecule has 39 heavy (non-hydrogen) atoms. The van der Waals surface area contributed by atoms with Crippen LogP contribution in [0.1, 0.15) is 47.8 Å². The molecule has 0 saturated heterocycles. The van der Waals surface area contributed by atoms with Gasteiger partial charge in [-0.15, -0.1) is 0 Å². The number of para-hydroxylation sites is 1. The van der Waals surface area contributed by atoms with Crippen molar-refractivity contribution in [2.45, 2.75) is 46.0 Å². The van der Waals surface area contributed by atoms with Crippen LogP contribution in [0.3, 0.4) is 0 Å². The second kappa shape index (κ2) is 12.8. The lowest BCUT2D eigenvalue weighted by Gasteiger charge is -2.28. The van der Waals surface area contributed by atoms with Gasteiger partial charge in [0.25, 0.3) is 5.91 Å². The highest BCUT2D eigenvalue weighted by Crippen LogP contribution is 2.18. The zero-order chi connectivity index (χ0) is 27.7. The molecule has 0 aromatic heterocycles. The van der Waals surface area contributed by atoms with Gasteiger partial charge < -0.3 is 4.74 Å². The number of ether oxygens (including phenoxy) is 1. The molecule has 0 fully saturated rings. The number of amides is 2. The topological polar surface area (TPSA) is 61.9 Å². The SMILES string of the molecule is CC(C)(C)OC(=O)N(Cc1ccccc1)Cc1ccc(C(=O)N(Cc2ccccc2)Nc2ccccc2)cc1. The third-order valence-electron chi connectivity index (χ3n) is 5.91. The van der Waals surface area contributed by atoms with Crippen molar-refractivity contribution < 1.29 is 14.3 Å². The lowest BCUT2D eigenvalue weighted by Crippen LogP contribution is -2.36. The van der Waals surface area contributed by atoms with E-state index in [0.717, 1.165) is 22.4 Å². The van der Waals surface area contributed by atoms with Gasteiger partial charge in [0.2, 0.25) is 0 Å². The summed E-state index contributed by atoms with van der Waals surface area (Å²) in [6.07, 6.45) is -0.382. The average molecular weight is 522 g/mol. The van der Waals surface area contributed by atoms with Crippen molar-refractivity contribution in [3.05, 3.63) is 138 Å². The third-order valence-corrected chi connectivity index (χ3v) is 5.91. The fourth-order valence-corrected chi connectivity index (χ4v) is 4.04. The molecule has 0 heterocycles. The van der Waals surface area contributed by atoms with Gasteiger partial charge in [-0.05, 0) is 61.7 Å². The number of carbonyl (C=O) groups excluding carboxylic acids is 2. The van der Waals surface area contributed by atoms with Gasteiger partial charge in [0, 0.05) is 18.7 Å². The largest absolute Gasteiger partial charge is 0.444 e. The number of hydrogen-bond donors (Lipinski definition) is 1. The highest BCUT2D eigenvalue weighted by atomic mass is 16.6. The van der Waals surface area contributed by atoms with E-state index in [0.29, 0.717) is 25.2 Å². The summed E-state index contributed by atoms with van der Waals surface area (Å²) < 4.78 is 5.67. The molecule has 0 aliphatic carbocycles. The number of carbonyl (C=O) groups is 2. The van der Waals surface area contributed by atoms with E-state index < -0.39 is 5.60 Å². The van der Waals surface area contributed by atoms with Crippen molar-refractivity contribution in [2.24, 2.45) is 0 Å². The van der Waals surface area contributed by atoms with Crippen LogP contribution >= 0.6 is 0 Å². The van der Waals surface area contributed by atoms with E-state index in [9.17, 15) is 9.59 Å². The van der Waals surface area contributed by atoms with Gasteiger partial charge in [-0.3, -0.25) is 15.1 Å². The Kier molecular flexibility index (Phi) is 9.00. The Balaban J connectivity index is 1.51. The maximum absolute atomic E-state index is 13.6. The van der Waals surface area contributed by atoms with Crippen LogP contribution in [0.5, 0.6) is 0 Å². The Bertz CT molecular complexity index is 1290. The lowest BCUT2D eigenvalue weighted by atomic mass is 10.1. The van der Waals surface area contributed by atoms with E-state index >= 15 is 0 Å². The minimum Gasteiger partial charge on any atom is -0.444 e. The molecule has 0 saturated carbocycles. The first-order valence-electron chi connectivity index (χ1n) is 13.1. The summed E-state index contributed by atoms with van der Waals surface area (Å²) in [5.41, 5.74) is 6.95. The van der Waals surface area contributed by atoms with Crippen molar-refractivity contribution in [1.82, 2.24) is 9.91 Å². The van der Waals surface area contributed by atoms with Crippen LogP contribution in [0.2, 0.25) is 0 Å². The second-order valence-electron chi connectivity index (χ2n) is 10.4. The van der Waals surface area contributed by atoms with Gasteiger partial charge in [0.15, 0.2) is 0 Å². The lowest BCUT2D eigenvalue weighted by molar-refractivity contribution is 0.0216. The van der Waals surface area contributed by atoms with E-state index in [1.807, 2.05) is 124 Å². The van der Waals surface area contributed by atoms with Crippen molar-refractivity contribution in [2.75, 3.05) is 5.43 Å². The smallest absolute Gasteiger partial charge is 0.410 e. The Morgan fingerprint density at radius 1 is 0.641 bits per heavy atom. The standard InChI is InChI=1S/C33H35N3O3/c1-33(2,3)39-32(38)35(23-26-13-7-4-8-14-26)24-28-19-21-29(22-20-28)31(37)36(25-27-15-9-5-10-16-27)34-30-17-11-6-12-18-30/h4-22,34H,23-25H2,1-3H3. The predicted molar refractivity (Wildman–Crippen MR) is 155 cm³/mol. The summed E-state index contributed by atoms with van der Waals surface area (Å²) in [5.74, 6) is -0.150. The molecule has 4 aromatic rings. The molecule has 0 aliphatic rings. The fraction of sp³-hybridized carbons (Fsp3) is 0.212. The molecular weight excluding hydrogens is 486 g/mol. The Morgan fingerprint density at radius 2 is 1.10 bits per heavy atom. The van der Waals surface area contributed by atoms with Gasteiger partial charge in [-0.2, -0.15) is 0 Å². The number of nitrogens with zero attached hydrogens (tertiary/aromatic N) is 2. The number of benzene rings is 4. The maximum Gasteiger partial charge on any atom is 0.410 e. The molecule has 0 aliphatic heterocycles. The molecule has 2 amide bonds. The van der Waals surface area contributed by atoms with E-state index in [-0.39, 0.29) is 12.0 Å². The van der Waals surface area contributed by atoms with Gasteiger partial charge in [0.05, 0.1) is 12.2 Å². The molecular formula is C33H35N3O3. The normalized spacial score (nSPS) is 10.9. The van der Waals surface area contributed by atoms with Crippen LogP contribution in [0.15, 0.2) is 115 Å². The fourth-order valence-electron chi connectivity index (χ4n) is 4.04. The number of hydrogen-bond acceptors (Lipinski definition) is 4. The average Bonchev–Trinajstić information content (AvgIpc) is 2.93. The molecule has 6 nitrogen and oxygen atoms in total. The van der Waals surface area contributed by atoms with Crippen LogP contribution in [0.4, 0.5) is 10.5 Å². The zero-order valence-corrected chi connectivity index (χ0v) is 22.7. The molecule has 4 rings (SSSR count). The molecule has 0 unspecified atom stereocenters. The Morgan fingerprint density at radius 3 is 1.62 bits per heavy atom. The highest BCUT2D eigenvalue weighted by molar-refractivity contribution is 5.95. The Labute approximate surface area is 230 Å². The summed E-state index contributed by atoms with van der Waals surface area (Å²) in [7, 11) is 0. The van der Waals surface area contributed by atoms with Crippen LogP contribution in [0.25, 0.3) is 0 Å². The molecule has 0 spiro atoms. The third kappa shape index (κ3) is 8.47. The van der Waals surface area contributed by atoms with Crippen molar-refractivity contribution >= 4 is 17.7 Å². The van der Waals surface area contributed by atoms with E-state index in [1.165, 1.54) is 0 Å². The first kappa shape index (κ1) is 27.5. The molecule has 1 N–H and O–H groups in total. The quantitative estimate of drug-likeness (QED) is 0.235. The molecule has 6 heteroatoms. The number of hydrazine groups is 1. The molecule has 0 radical (unpaired) electrons. The van der Waals surface area contributed by atoms with Gasteiger partial charge in [0.1, 0.15) is 5.60 Å². The number of nitrogens with one attached hydrogen (secondary N) is 1. The van der Waals surface area contributed by atoms with Crippen molar-refractivity contribution in [1.29, 1.82) is 0 Å². The monoisotopic (exact) mass is 521 g/mol. The summed E-state index contributed by atoms with van der Waals surface area (Å²) in [4.78, 5) is 28.3. The zero-order valence-electron chi connectivity index (χ0n) is 22.7. The van der Waals surface area contributed by atoms with Crippen LogP contribution in [-0.4, -0.2) is 27.5 Å². The summed E-state index contributed by atoms with van der Waals surface area (Å²) in [6, 6.07) is 36.7. The second-order valence-corrected chi connectivity index (χ2v) is 10.4. The van der Waals surface area contributed by atoms with E-state index in [2.05, 4.69) is 5.43 Å². The van der Waals surface area contributed by atoms with E-state index in [4.69, 9.17) is 4.74 Å². The summed E-state index contributed by atoms with van der Waals surface area (Å²) >= 11 is 0. The molecule has 0 bridgehead atoms. The van der Waals surface area contributed by atoms with Crippen LogP contribution in [0, 0.1) is 0 Å². The summed E-state index contributed by atoms with van der Waals surface area (Å²) in [5, 5.41) is 1.61. The van der Waals surface area contributed by atoms with Gasteiger partial charge in [-0.1, -0.05) is 91.0 Å². The van der Waals surface area contributed by atoms with Crippen LogP contribution < -0.4 is 5.43 Å². The van der Waals surface area contributed by atoms with E-state index in [1.54, 1.807) is 22.0 Å². The van der Waals surface area contributed by atoms with Crippen molar-refractivity contribution in [3.63, 3.8) is 0 Å². The van der Waals surface area contributed by atoms with Crippen LogP contribution in [-0.2, 0) is 24.4 Å². The molecule has 200 valence electrons. The predicted octanol–water partition coefficient (Wildman–Crippen LogP) is 7.29. The van der Waals surface area contributed by atoms with Gasteiger partial charge in [-0.25, -0.2) is 9.80 Å². The first-order valence-corrected chi connectivity index (χ1v) is 13.1. The highest BCUT2D eigenvalue weighted by Gasteiger charge is 2.23. The minimum absolute atomic E-state index is 0.150. The van der Waals surface area contributed by atoms with Crippen molar-refractivity contribution in [3.8, 4) is 0 Å². The Hall–Kier alpha value is -4.58. The number of rotatable bonds is 9. The molecule has 4 aromatic carbocycles. The first-order chi connectivity index (χ1) is 18.8. The summed E-state index contributed by atoms with van der Waals surface area (Å²) in [6.45, 7) is 6.75. The minimum atomic E-state index is -0.601. The number of anilines is 1. The van der Waals surface area contributed by atoms with Gasteiger partial charge >= 0.3 is 6.09 Å². The molecule has 0 atom stereocenters.